The Labute approximate surface area is 194 Å². The monoisotopic (exact) mass is 446 g/mol. The van der Waals surface area contributed by atoms with Gasteiger partial charge in [0.2, 0.25) is 0 Å². The smallest absolute Gasteiger partial charge is 0.115 e. The van der Waals surface area contributed by atoms with Crippen molar-refractivity contribution in [3.05, 3.63) is 95.6 Å². The van der Waals surface area contributed by atoms with Crippen molar-refractivity contribution < 1.29 is 24.8 Å². The van der Waals surface area contributed by atoms with Gasteiger partial charge in [-0.25, -0.2) is 0 Å². The minimum atomic E-state index is -0.165. The van der Waals surface area contributed by atoms with E-state index in [-0.39, 0.29) is 41.3 Å². The molecular formula is C28H30O5. The number of methoxy groups -OCH3 is 1. The summed E-state index contributed by atoms with van der Waals surface area (Å²) in [5.74, 6) is 1.09. The molecule has 1 aliphatic rings. The normalized spacial score (nSPS) is 23.1. The summed E-state index contributed by atoms with van der Waals surface area (Å²) >= 11 is 0. The Bertz CT molecular complexity index is 1040. The number of rotatable bonds is 7. The number of aromatic hydroxyl groups is 3. The first kappa shape index (κ1) is 22.9. The number of phenolic OH excluding ortho intramolecular Hbond substituents is 3. The first-order valence-corrected chi connectivity index (χ1v) is 11.2. The summed E-state index contributed by atoms with van der Waals surface area (Å²) < 4.78 is 12.3. The van der Waals surface area contributed by atoms with E-state index in [1.54, 1.807) is 43.5 Å². The van der Waals surface area contributed by atoms with Crippen LogP contribution in [0.1, 0.15) is 41.7 Å². The number of hydrogen-bond donors (Lipinski definition) is 3. The van der Waals surface area contributed by atoms with Gasteiger partial charge in [-0.05, 0) is 71.8 Å². The van der Waals surface area contributed by atoms with Gasteiger partial charge in [0, 0.05) is 13.0 Å². The molecule has 3 aromatic carbocycles. The Kier molecular flexibility index (Phi) is 7.33. The van der Waals surface area contributed by atoms with Crippen LogP contribution in [-0.2, 0) is 9.47 Å². The zero-order valence-corrected chi connectivity index (χ0v) is 18.7. The summed E-state index contributed by atoms with van der Waals surface area (Å²) in [7, 11) is 1.71. The topological polar surface area (TPSA) is 79.2 Å². The lowest BCUT2D eigenvalue weighted by molar-refractivity contribution is -0.133. The quantitative estimate of drug-likeness (QED) is 0.416. The highest BCUT2D eigenvalue weighted by Gasteiger charge is 2.39. The molecule has 0 aliphatic carbocycles. The van der Waals surface area contributed by atoms with Crippen molar-refractivity contribution >= 4 is 6.08 Å². The van der Waals surface area contributed by atoms with Gasteiger partial charge in [-0.15, -0.1) is 0 Å². The maximum atomic E-state index is 9.77. The Morgan fingerprint density at radius 2 is 1.24 bits per heavy atom. The summed E-state index contributed by atoms with van der Waals surface area (Å²) in [4.78, 5) is 0. The molecule has 1 saturated heterocycles. The minimum absolute atomic E-state index is 0.151. The summed E-state index contributed by atoms with van der Waals surface area (Å²) in [6, 6.07) is 21.5. The van der Waals surface area contributed by atoms with Gasteiger partial charge >= 0.3 is 0 Å². The van der Waals surface area contributed by atoms with Gasteiger partial charge < -0.3 is 24.8 Å². The van der Waals surface area contributed by atoms with Crippen molar-refractivity contribution in [1.29, 1.82) is 0 Å². The molecule has 4 atom stereocenters. The highest BCUT2D eigenvalue weighted by Crippen LogP contribution is 2.47. The molecule has 3 N–H and O–H groups in total. The maximum Gasteiger partial charge on any atom is 0.115 e. The third-order valence-electron chi connectivity index (χ3n) is 6.22. The second kappa shape index (κ2) is 10.6. The van der Waals surface area contributed by atoms with Crippen molar-refractivity contribution in [3.8, 4) is 17.2 Å². The first-order valence-electron chi connectivity index (χ1n) is 11.2. The Morgan fingerprint density at radius 1 is 0.758 bits per heavy atom. The number of benzene rings is 3. The summed E-state index contributed by atoms with van der Waals surface area (Å²) in [5.41, 5.74) is 3.06. The average Bonchev–Trinajstić information content (AvgIpc) is 2.82. The highest BCUT2D eigenvalue weighted by atomic mass is 16.5. The summed E-state index contributed by atoms with van der Waals surface area (Å²) in [6.07, 6.45) is 5.62. The second-order valence-electron chi connectivity index (χ2n) is 8.60. The summed E-state index contributed by atoms with van der Waals surface area (Å²) in [6.45, 7) is 0.575. The Balaban J connectivity index is 1.60. The predicted octanol–water partition coefficient (Wildman–Crippen LogP) is 5.99. The number of phenols is 3. The van der Waals surface area contributed by atoms with Crippen LogP contribution in [0.25, 0.3) is 6.08 Å². The van der Waals surface area contributed by atoms with E-state index in [1.807, 2.05) is 36.4 Å². The molecule has 172 valence electrons. The fraction of sp³-hybridized carbons (Fsp3) is 0.286. The SMILES string of the molecule is COC[C@@H]1C[C@H](C/C=C/c2ccc(O)cc2)[C@@H](c2ccc(O)cc2)O[C@@H]1c1ccc(O)cc1. The fourth-order valence-electron chi connectivity index (χ4n) is 4.60. The lowest BCUT2D eigenvalue weighted by Gasteiger charge is -2.42. The second-order valence-corrected chi connectivity index (χ2v) is 8.60. The third kappa shape index (κ3) is 5.75. The van der Waals surface area contributed by atoms with Gasteiger partial charge in [0.1, 0.15) is 17.2 Å². The predicted molar refractivity (Wildman–Crippen MR) is 128 cm³/mol. The molecule has 33 heavy (non-hydrogen) atoms. The molecule has 4 rings (SSSR count). The molecule has 0 saturated carbocycles. The molecular weight excluding hydrogens is 416 g/mol. The molecule has 0 radical (unpaired) electrons. The first-order chi connectivity index (χ1) is 16.0. The van der Waals surface area contributed by atoms with E-state index in [2.05, 4.69) is 12.2 Å². The van der Waals surface area contributed by atoms with E-state index in [1.165, 1.54) is 0 Å². The zero-order chi connectivity index (χ0) is 23.2. The molecule has 5 nitrogen and oxygen atoms in total. The van der Waals surface area contributed by atoms with Crippen LogP contribution in [-0.4, -0.2) is 29.0 Å². The van der Waals surface area contributed by atoms with Crippen LogP contribution in [0.2, 0.25) is 0 Å². The average molecular weight is 447 g/mol. The van der Waals surface area contributed by atoms with Crippen molar-refractivity contribution in [2.24, 2.45) is 11.8 Å². The van der Waals surface area contributed by atoms with Gasteiger partial charge in [-0.1, -0.05) is 48.6 Å². The van der Waals surface area contributed by atoms with Crippen LogP contribution in [0.5, 0.6) is 17.2 Å². The molecule has 3 aromatic rings. The number of ether oxygens (including phenoxy) is 2. The largest absolute Gasteiger partial charge is 0.508 e. The maximum absolute atomic E-state index is 9.77. The molecule has 1 heterocycles. The zero-order valence-electron chi connectivity index (χ0n) is 18.7. The molecule has 0 aromatic heterocycles. The molecule has 1 aliphatic heterocycles. The van der Waals surface area contributed by atoms with Gasteiger partial charge in [-0.2, -0.15) is 0 Å². The van der Waals surface area contributed by atoms with Crippen molar-refractivity contribution in [2.75, 3.05) is 13.7 Å². The van der Waals surface area contributed by atoms with E-state index >= 15 is 0 Å². The number of allylic oxidation sites excluding steroid dienone is 1. The van der Waals surface area contributed by atoms with Crippen LogP contribution in [0.15, 0.2) is 78.9 Å². The van der Waals surface area contributed by atoms with Crippen LogP contribution in [0.4, 0.5) is 0 Å². The van der Waals surface area contributed by atoms with Crippen molar-refractivity contribution in [1.82, 2.24) is 0 Å². The third-order valence-corrected chi connectivity index (χ3v) is 6.22. The molecule has 5 heteroatoms. The Morgan fingerprint density at radius 3 is 1.76 bits per heavy atom. The number of hydrogen-bond acceptors (Lipinski definition) is 5. The van der Waals surface area contributed by atoms with E-state index in [4.69, 9.17) is 9.47 Å². The van der Waals surface area contributed by atoms with Crippen LogP contribution >= 0.6 is 0 Å². The molecule has 0 bridgehead atoms. The van der Waals surface area contributed by atoms with E-state index in [9.17, 15) is 15.3 Å². The van der Waals surface area contributed by atoms with Gasteiger partial charge in [-0.3, -0.25) is 0 Å². The molecule has 1 fully saturated rings. The van der Waals surface area contributed by atoms with Crippen LogP contribution in [0, 0.1) is 11.8 Å². The van der Waals surface area contributed by atoms with Crippen LogP contribution in [0.3, 0.4) is 0 Å². The van der Waals surface area contributed by atoms with E-state index in [0.29, 0.717) is 6.61 Å². The van der Waals surface area contributed by atoms with Crippen molar-refractivity contribution in [3.63, 3.8) is 0 Å². The lowest BCUT2D eigenvalue weighted by Crippen LogP contribution is -2.34. The fourth-order valence-corrected chi connectivity index (χ4v) is 4.60. The highest BCUT2D eigenvalue weighted by molar-refractivity contribution is 5.50. The van der Waals surface area contributed by atoms with Gasteiger partial charge in [0.05, 0.1) is 18.8 Å². The van der Waals surface area contributed by atoms with Crippen LogP contribution < -0.4 is 0 Å². The van der Waals surface area contributed by atoms with E-state index in [0.717, 1.165) is 29.5 Å². The standard InChI is InChI=1S/C28H30O5/c1-32-18-23-17-22(4-2-3-19-5-11-24(29)12-6-19)27(20-7-13-25(30)14-8-20)33-28(23)21-9-15-26(31)16-10-21/h2-3,5-16,22-23,27-31H,4,17-18H2,1H3/b3-2+/t22-,23-,27+,28+/m0/s1. The molecule has 0 amide bonds. The van der Waals surface area contributed by atoms with Crippen molar-refractivity contribution in [2.45, 2.75) is 25.0 Å². The lowest BCUT2D eigenvalue weighted by atomic mass is 9.78. The molecule has 0 spiro atoms. The van der Waals surface area contributed by atoms with Gasteiger partial charge in [0.15, 0.2) is 0 Å². The minimum Gasteiger partial charge on any atom is -0.508 e. The summed E-state index contributed by atoms with van der Waals surface area (Å²) in [5, 5.41) is 29.0. The van der Waals surface area contributed by atoms with E-state index < -0.39 is 0 Å². The van der Waals surface area contributed by atoms with Gasteiger partial charge in [0.25, 0.3) is 0 Å². The Hall–Kier alpha value is -3.28. The molecule has 0 unspecified atom stereocenters.